The molecule has 0 aliphatic carbocycles. The van der Waals surface area contributed by atoms with Crippen molar-refractivity contribution in [2.45, 2.75) is 25.9 Å². The number of nitrogens with one attached hydrogen (secondary N) is 1. The number of aromatic nitrogens is 2. The van der Waals surface area contributed by atoms with Crippen LogP contribution in [0.5, 0.6) is 0 Å². The molecular weight excluding hydrogens is 245 g/mol. The lowest BCUT2D eigenvalue weighted by Gasteiger charge is -2.18. The van der Waals surface area contributed by atoms with Gasteiger partial charge in [-0.05, 0) is 30.7 Å². The highest BCUT2D eigenvalue weighted by Gasteiger charge is 2.16. The number of benzene rings is 1. The number of hydrogen-bond acceptors (Lipinski definition) is 4. The van der Waals surface area contributed by atoms with Gasteiger partial charge in [0.2, 0.25) is 0 Å². The first-order valence-electron chi connectivity index (χ1n) is 6.16. The number of nitrogen functional groups attached to an aromatic ring is 1. The Hall–Kier alpha value is -1.92. The van der Waals surface area contributed by atoms with Gasteiger partial charge in [-0.25, -0.2) is 9.37 Å². The average Bonchev–Trinajstić information content (AvgIpc) is 2.86. The average molecular weight is 263 g/mol. The van der Waals surface area contributed by atoms with E-state index in [0.29, 0.717) is 17.7 Å². The van der Waals surface area contributed by atoms with Crippen molar-refractivity contribution in [3.05, 3.63) is 47.8 Å². The van der Waals surface area contributed by atoms with E-state index >= 15 is 0 Å². The maximum atomic E-state index is 13.3. The van der Waals surface area contributed by atoms with Crippen LogP contribution < -0.4 is 17.0 Å². The van der Waals surface area contributed by atoms with Crippen molar-refractivity contribution in [2.75, 3.05) is 5.73 Å². The molecule has 0 spiro atoms. The number of hydrogen-bond donors (Lipinski definition) is 3. The van der Waals surface area contributed by atoms with E-state index in [4.69, 9.17) is 11.6 Å². The largest absolute Gasteiger partial charge is 0.398 e. The molecule has 1 aromatic heterocycles. The fourth-order valence-corrected chi connectivity index (χ4v) is 2.11. The van der Waals surface area contributed by atoms with Crippen molar-refractivity contribution >= 4 is 5.69 Å². The Labute approximate surface area is 111 Å². The number of hydrazine groups is 1. The zero-order chi connectivity index (χ0) is 13.8. The third kappa shape index (κ3) is 2.91. The van der Waals surface area contributed by atoms with Gasteiger partial charge in [-0.2, -0.15) is 0 Å². The third-order valence-corrected chi connectivity index (χ3v) is 3.15. The lowest BCUT2D eigenvalue weighted by molar-refractivity contribution is 0.520. The van der Waals surface area contributed by atoms with E-state index in [1.807, 2.05) is 17.7 Å². The molecule has 5 N–H and O–H groups in total. The summed E-state index contributed by atoms with van der Waals surface area (Å²) in [4.78, 5) is 4.29. The molecule has 1 aromatic carbocycles. The summed E-state index contributed by atoms with van der Waals surface area (Å²) < 4.78 is 15.3. The second-order valence-corrected chi connectivity index (χ2v) is 4.33. The molecule has 0 aliphatic rings. The molecule has 1 unspecified atom stereocenters. The van der Waals surface area contributed by atoms with Crippen LogP contribution in [-0.2, 0) is 13.0 Å². The van der Waals surface area contributed by atoms with E-state index in [1.165, 1.54) is 12.1 Å². The Morgan fingerprint density at radius 1 is 1.47 bits per heavy atom. The predicted octanol–water partition coefficient (Wildman–Crippen LogP) is 1.37. The molecule has 1 atom stereocenters. The Bertz CT molecular complexity index is 552. The van der Waals surface area contributed by atoms with Gasteiger partial charge in [0.15, 0.2) is 0 Å². The quantitative estimate of drug-likeness (QED) is 0.432. The Balaban J connectivity index is 2.27. The molecule has 2 aromatic rings. The highest BCUT2D eigenvalue weighted by atomic mass is 19.1. The van der Waals surface area contributed by atoms with Gasteiger partial charge in [-0.15, -0.1) is 0 Å². The van der Waals surface area contributed by atoms with E-state index in [2.05, 4.69) is 10.4 Å². The molecule has 0 amide bonds. The summed E-state index contributed by atoms with van der Waals surface area (Å²) in [5, 5.41) is 0. The van der Waals surface area contributed by atoms with Gasteiger partial charge in [0.1, 0.15) is 11.6 Å². The number of nitrogens with two attached hydrogens (primary N) is 2. The normalized spacial score (nSPS) is 12.6. The van der Waals surface area contributed by atoms with Crippen molar-refractivity contribution in [3.63, 3.8) is 0 Å². The van der Waals surface area contributed by atoms with Gasteiger partial charge in [0.05, 0.1) is 6.04 Å². The minimum atomic E-state index is -0.330. The zero-order valence-corrected chi connectivity index (χ0v) is 10.8. The molecule has 6 heteroatoms. The number of rotatable bonds is 5. The van der Waals surface area contributed by atoms with Crippen molar-refractivity contribution in [3.8, 4) is 0 Å². The fraction of sp³-hybridized carbons (Fsp3) is 0.308. The molecule has 19 heavy (non-hydrogen) atoms. The van der Waals surface area contributed by atoms with Crippen LogP contribution in [0.1, 0.15) is 24.4 Å². The summed E-state index contributed by atoms with van der Waals surface area (Å²) in [6.45, 7) is 2.86. The monoisotopic (exact) mass is 263 g/mol. The zero-order valence-electron chi connectivity index (χ0n) is 10.8. The first-order valence-corrected chi connectivity index (χ1v) is 6.16. The van der Waals surface area contributed by atoms with Gasteiger partial charge in [-0.1, -0.05) is 0 Å². The number of halogens is 1. The molecule has 102 valence electrons. The second kappa shape index (κ2) is 5.81. The molecule has 2 rings (SSSR count). The van der Waals surface area contributed by atoms with Gasteiger partial charge in [0, 0.05) is 31.0 Å². The maximum absolute atomic E-state index is 13.3. The molecule has 0 fully saturated rings. The van der Waals surface area contributed by atoms with Crippen LogP contribution in [-0.4, -0.2) is 9.55 Å². The predicted molar refractivity (Wildman–Crippen MR) is 72.5 cm³/mol. The highest BCUT2D eigenvalue weighted by molar-refractivity contribution is 5.48. The van der Waals surface area contributed by atoms with Crippen LogP contribution in [0.3, 0.4) is 0 Å². The van der Waals surface area contributed by atoms with Crippen LogP contribution >= 0.6 is 0 Å². The molecule has 0 saturated carbocycles. The lowest BCUT2D eigenvalue weighted by atomic mass is 10.0. The second-order valence-electron chi connectivity index (χ2n) is 4.33. The van der Waals surface area contributed by atoms with E-state index in [9.17, 15) is 4.39 Å². The van der Waals surface area contributed by atoms with Crippen molar-refractivity contribution < 1.29 is 4.39 Å². The standard InChI is InChI=1S/C13H18FN5/c1-2-19-6-5-17-13(19)8-12(18-16)10-7-9(14)3-4-11(10)15/h3-7,12,18H,2,8,15-16H2,1H3. The van der Waals surface area contributed by atoms with Crippen LogP contribution in [0.2, 0.25) is 0 Å². The third-order valence-electron chi connectivity index (χ3n) is 3.15. The molecule has 5 nitrogen and oxygen atoms in total. The lowest BCUT2D eigenvalue weighted by Crippen LogP contribution is -2.31. The number of imidazole rings is 1. The number of anilines is 1. The van der Waals surface area contributed by atoms with Gasteiger partial charge >= 0.3 is 0 Å². The number of aryl methyl sites for hydroxylation is 1. The summed E-state index contributed by atoms with van der Waals surface area (Å²) in [5.41, 5.74) is 9.71. The molecule has 1 heterocycles. The van der Waals surface area contributed by atoms with E-state index in [0.717, 1.165) is 12.4 Å². The minimum absolute atomic E-state index is 0.275. The summed E-state index contributed by atoms with van der Waals surface area (Å²) in [6.07, 6.45) is 4.18. The van der Waals surface area contributed by atoms with Crippen molar-refractivity contribution in [2.24, 2.45) is 5.84 Å². The first kappa shape index (κ1) is 13.5. The maximum Gasteiger partial charge on any atom is 0.123 e. The summed E-state index contributed by atoms with van der Waals surface area (Å²) in [7, 11) is 0. The van der Waals surface area contributed by atoms with E-state index in [1.54, 1.807) is 12.3 Å². The smallest absolute Gasteiger partial charge is 0.123 e. The van der Waals surface area contributed by atoms with Crippen LogP contribution in [0.25, 0.3) is 0 Å². The molecular formula is C13H18FN5. The minimum Gasteiger partial charge on any atom is -0.398 e. The van der Waals surface area contributed by atoms with Crippen LogP contribution in [0.4, 0.5) is 10.1 Å². The summed E-state index contributed by atoms with van der Waals surface area (Å²) >= 11 is 0. The molecule has 0 bridgehead atoms. The summed E-state index contributed by atoms with van der Waals surface area (Å²) in [5.74, 6) is 6.12. The summed E-state index contributed by atoms with van der Waals surface area (Å²) in [6, 6.07) is 4.00. The topological polar surface area (TPSA) is 81.9 Å². The van der Waals surface area contributed by atoms with E-state index in [-0.39, 0.29) is 11.9 Å². The van der Waals surface area contributed by atoms with Crippen molar-refractivity contribution in [1.82, 2.24) is 15.0 Å². The van der Waals surface area contributed by atoms with Crippen LogP contribution in [0.15, 0.2) is 30.6 Å². The Morgan fingerprint density at radius 2 is 2.26 bits per heavy atom. The van der Waals surface area contributed by atoms with Gasteiger partial charge < -0.3 is 10.3 Å². The first-order chi connectivity index (χ1) is 9.15. The Kier molecular flexibility index (Phi) is 4.13. The van der Waals surface area contributed by atoms with E-state index < -0.39 is 0 Å². The molecule has 0 saturated heterocycles. The van der Waals surface area contributed by atoms with Crippen LogP contribution in [0, 0.1) is 5.82 Å². The van der Waals surface area contributed by atoms with Crippen molar-refractivity contribution in [1.29, 1.82) is 0 Å². The number of nitrogens with zero attached hydrogens (tertiary/aromatic N) is 2. The van der Waals surface area contributed by atoms with Gasteiger partial charge in [0.25, 0.3) is 0 Å². The fourth-order valence-electron chi connectivity index (χ4n) is 2.11. The van der Waals surface area contributed by atoms with Gasteiger partial charge in [-0.3, -0.25) is 11.3 Å². The molecule has 0 radical (unpaired) electrons. The Morgan fingerprint density at radius 3 is 2.95 bits per heavy atom. The SMILES string of the molecule is CCn1ccnc1CC(NN)c1cc(F)ccc1N. The molecule has 0 aliphatic heterocycles. The highest BCUT2D eigenvalue weighted by Crippen LogP contribution is 2.23.